The molecule has 150 valence electrons. The van der Waals surface area contributed by atoms with Crippen LogP contribution in [0.25, 0.3) is 10.9 Å². The van der Waals surface area contributed by atoms with Gasteiger partial charge in [-0.25, -0.2) is 0 Å². The zero-order valence-corrected chi connectivity index (χ0v) is 17.0. The highest BCUT2D eigenvalue weighted by Gasteiger charge is 2.57. The summed E-state index contributed by atoms with van der Waals surface area (Å²) in [4.78, 5) is 40.7. The minimum Gasteiger partial charge on any atom is -0.361 e. The molecule has 6 nitrogen and oxygen atoms in total. The second-order valence-electron chi connectivity index (χ2n) is 8.15. The van der Waals surface area contributed by atoms with E-state index in [0.29, 0.717) is 19.3 Å². The molecule has 1 saturated carbocycles. The van der Waals surface area contributed by atoms with Crippen LogP contribution in [0.3, 0.4) is 0 Å². The molecule has 2 aromatic rings. The molecular formula is C22H29N3O3. The van der Waals surface area contributed by atoms with Crippen LogP contribution >= 0.6 is 0 Å². The maximum absolute atomic E-state index is 13.1. The largest absolute Gasteiger partial charge is 0.361 e. The molecule has 1 heterocycles. The lowest BCUT2D eigenvalue weighted by Gasteiger charge is -2.25. The van der Waals surface area contributed by atoms with E-state index in [2.05, 4.69) is 15.6 Å². The van der Waals surface area contributed by atoms with Gasteiger partial charge in [0.1, 0.15) is 11.6 Å². The van der Waals surface area contributed by atoms with Crippen LogP contribution in [0.2, 0.25) is 0 Å². The normalized spacial score (nSPS) is 20.8. The number of ketones is 1. The summed E-state index contributed by atoms with van der Waals surface area (Å²) in [6.45, 7) is 7.64. The molecule has 0 unspecified atom stereocenters. The summed E-state index contributed by atoms with van der Waals surface area (Å²) < 4.78 is 0. The van der Waals surface area contributed by atoms with Crippen LogP contribution in [-0.4, -0.2) is 34.2 Å². The van der Waals surface area contributed by atoms with E-state index in [4.69, 9.17) is 0 Å². The molecular weight excluding hydrogens is 354 g/mol. The maximum Gasteiger partial charge on any atom is 0.243 e. The zero-order chi connectivity index (χ0) is 20.5. The highest BCUT2D eigenvalue weighted by atomic mass is 16.2. The molecule has 0 aliphatic heterocycles. The predicted molar refractivity (Wildman–Crippen MR) is 109 cm³/mol. The van der Waals surface area contributed by atoms with Crippen molar-refractivity contribution in [3.05, 3.63) is 36.0 Å². The smallest absolute Gasteiger partial charge is 0.243 e. The fourth-order valence-corrected chi connectivity index (χ4v) is 3.53. The second-order valence-corrected chi connectivity index (χ2v) is 8.15. The van der Waals surface area contributed by atoms with E-state index in [9.17, 15) is 14.4 Å². The van der Waals surface area contributed by atoms with E-state index in [0.717, 1.165) is 16.5 Å². The van der Waals surface area contributed by atoms with Crippen molar-refractivity contribution in [2.75, 3.05) is 0 Å². The Hall–Kier alpha value is -2.63. The topological polar surface area (TPSA) is 91.1 Å². The van der Waals surface area contributed by atoms with Crippen molar-refractivity contribution < 1.29 is 14.4 Å². The molecule has 0 saturated heterocycles. The van der Waals surface area contributed by atoms with E-state index in [1.165, 1.54) is 0 Å². The van der Waals surface area contributed by atoms with Gasteiger partial charge in [-0.2, -0.15) is 0 Å². The van der Waals surface area contributed by atoms with Crippen molar-refractivity contribution in [3.63, 3.8) is 0 Å². The van der Waals surface area contributed by atoms with Gasteiger partial charge < -0.3 is 15.6 Å². The molecule has 1 fully saturated rings. The number of amides is 2. The van der Waals surface area contributed by atoms with Crippen molar-refractivity contribution in [2.24, 2.45) is 11.8 Å². The van der Waals surface area contributed by atoms with Gasteiger partial charge >= 0.3 is 0 Å². The molecule has 28 heavy (non-hydrogen) atoms. The number of hydrogen-bond donors (Lipinski definition) is 3. The number of benzene rings is 1. The van der Waals surface area contributed by atoms with Gasteiger partial charge in [-0.3, -0.25) is 14.4 Å². The monoisotopic (exact) mass is 383 g/mol. The first-order chi connectivity index (χ1) is 13.3. The molecule has 1 aromatic heterocycles. The standard InChI is InChI=1S/C22H29N3O3/c1-5-14(4)20(27)24-18(21(28)25-22(13(2)3)11-19(22)26)10-15-12-23-17-9-7-6-8-16(15)17/h6-9,12-14,18,23H,5,10-11H2,1-4H3,(H,24,27)(H,25,28)/t14-,18-,22-/m0/s1. The average molecular weight is 383 g/mol. The molecule has 1 aliphatic rings. The van der Waals surface area contributed by atoms with Crippen LogP contribution in [0, 0.1) is 11.8 Å². The van der Waals surface area contributed by atoms with Crippen molar-refractivity contribution in [3.8, 4) is 0 Å². The van der Waals surface area contributed by atoms with Crippen LogP contribution < -0.4 is 10.6 Å². The molecule has 1 aromatic carbocycles. The number of nitrogens with one attached hydrogen (secondary N) is 3. The summed E-state index contributed by atoms with van der Waals surface area (Å²) in [6.07, 6.45) is 3.29. The fraction of sp³-hybridized carbons (Fsp3) is 0.500. The summed E-state index contributed by atoms with van der Waals surface area (Å²) in [5.74, 6) is -0.567. The third kappa shape index (κ3) is 3.81. The van der Waals surface area contributed by atoms with Gasteiger partial charge in [0.25, 0.3) is 0 Å². The highest BCUT2D eigenvalue weighted by Crippen LogP contribution is 2.38. The van der Waals surface area contributed by atoms with Crippen LogP contribution in [0.4, 0.5) is 0 Å². The lowest BCUT2D eigenvalue weighted by molar-refractivity contribution is -0.132. The Morgan fingerprint density at radius 2 is 1.86 bits per heavy atom. The van der Waals surface area contributed by atoms with Gasteiger partial charge in [0.2, 0.25) is 11.8 Å². The fourth-order valence-electron chi connectivity index (χ4n) is 3.53. The molecule has 3 atom stereocenters. The van der Waals surface area contributed by atoms with Gasteiger partial charge in [-0.05, 0) is 24.0 Å². The van der Waals surface area contributed by atoms with E-state index in [1.54, 1.807) is 0 Å². The van der Waals surface area contributed by atoms with E-state index in [1.807, 2.05) is 58.2 Å². The number of hydrogen-bond acceptors (Lipinski definition) is 3. The summed E-state index contributed by atoms with van der Waals surface area (Å²) in [6, 6.07) is 7.13. The van der Waals surface area contributed by atoms with E-state index >= 15 is 0 Å². The number of aromatic nitrogens is 1. The Labute approximate surface area is 165 Å². The van der Waals surface area contributed by atoms with Crippen molar-refractivity contribution in [2.45, 2.75) is 58.5 Å². The number of fused-ring (bicyclic) bond motifs is 1. The number of carbonyl (C=O) groups is 3. The molecule has 3 rings (SSSR count). The third-order valence-corrected chi connectivity index (χ3v) is 5.94. The van der Waals surface area contributed by atoms with Crippen molar-refractivity contribution >= 4 is 28.5 Å². The summed E-state index contributed by atoms with van der Waals surface area (Å²) in [5.41, 5.74) is 1.17. The molecule has 6 heteroatoms. The predicted octanol–water partition coefficient (Wildman–Crippen LogP) is 2.73. The summed E-state index contributed by atoms with van der Waals surface area (Å²) in [5, 5.41) is 6.85. The van der Waals surface area contributed by atoms with Crippen LogP contribution in [0.15, 0.2) is 30.5 Å². The molecule has 0 radical (unpaired) electrons. The van der Waals surface area contributed by atoms with Gasteiger partial charge in [-0.1, -0.05) is 45.9 Å². The Bertz CT molecular complexity index is 901. The maximum atomic E-state index is 13.1. The van der Waals surface area contributed by atoms with Crippen molar-refractivity contribution in [1.82, 2.24) is 15.6 Å². The minimum absolute atomic E-state index is 0.0166. The van der Waals surface area contributed by atoms with E-state index < -0.39 is 11.6 Å². The number of rotatable bonds is 8. The van der Waals surface area contributed by atoms with Crippen LogP contribution in [0.5, 0.6) is 0 Å². The molecule has 0 bridgehead atoms. The number of para-hydroxylation sites is 1. The molecule has 1 aliphatic carbocycles. The van der Waals surface area contributed by atoms with Gasteiger partial charge in [0, 0.05) is 35.9 Å². The van der Waals surface area contributed by atoms with E-state index in [-0.39, 0.29) is 29.4 Å². The Balaban J connectivity index is 1.83. The summed E-state index contributed by atoms with van der Waals surface area (Å²) in [7, 11) is 0. The van der Waals surface area contributed by atoms with Crippen molar-refractivity contribution in [1.29, 1.82) is 0 Å². The first-order valence-corrected chi connectivity index (χ1v) is 9.99. The molecule has 2 amide bonds. The minimum atomic E-state index is -0.781. The van der Waals surface area contributed by atoms with Gasteiger partial charge in [0.15, 0.2) is 5.78 Å². The first-order valence-electron chi connectivity index (χ1n) is 9.99. The molecule has 3 N–H and O–H groups in total. The second kappa shape index (κ2) is 7.78. The third-order valence-electron chi connectivity index (χ3n) is 5.94. The first kappa shape index (κ1) is 20.1. The number of carbonyl (C=O) groups excluding carboxylic acids is 3. The van der Waals surface area contributed by atoms with Crippen LogP contribution in [0.1, 0.15) is 46.1 Å². The number of H-pyrrole nitrogens is 1. The average Bonchev–Trinajstić information content (AvgIpc) is 3.16. The lowest BCUT2D eigenvalue weighted by Crippen LogP contribution is -2.54. The highest BCUT2D eigenvalue weighted by molar-refractivity contribution is 6.08. The Morgan fingerprint density at radius 1 is 1.18 bits per heavy atom. The number of Topliss-reactive ketones (excluding diaryl/α,β-unsaturated/α-hetero) is 1. The Morgan fingerprint density at radius 3 is 2.46 bits per heavy atom. The van der Waals surface area contributed by atoms with Crippen LogP contribution in [-0.2, 0) is 20.8 Å². The van der Waals surface area contributed by atoms with Gasteiger partial charge in [0.05, 0.1) is 0 Å². The zero-order valence-electron chi connectivity index (χ0n) is 17.0. The lowest BCUT2D eigenvalue weighted by atomic mass is 9.99. The Kier molecular flexibility index (Phi) is 5.59. The number of aromatic amines is 1. The van der Waals surface area contributed by atoms with Gasteiger partial charge in [-0.15, -0.1) is 0 Å². The quantitative estimate of drug-likeness (QED) is 0.655. The summed E-state index contributed by atoms with van der Waals surface area (Å²) >= 11 is 0. The molecule has 0 spiro atoms. The SMILES string of the molecule is CC[C@H](C)C(=O)N[C@@H](Cc1c[nH]c2ccccc12)C(=O)N[C@]1(C(C)C)CC1=O.